The van der Waals surface area contributed by atoms with Gasteiger partial charge in [0.1, 0.15) is 11.6 Å². The molecule has 0 N–H and O–H groups in total. The molecule has 1 aliphatic heterocycles. The second kappa shape index (κ2) is 8.10. The standard InChI is InChI=1S/C19H22ClN5O3/c1-12(2)18-21-13(3)10-17(22-18)23-6-8-24(9-7-23)19(26)15-11-14(25(27)28)4-5-16(15)20/h4-5,10-12H,6-9H2,1-3H3. The zero-order chi connectivity index (χ0) is 20.4. The topological polar surface area (TPSA) is 92.5 Å². The number of aryl methyl sites for hydroxylation is 1. The lowest BCUT2D eigenvalue weighted by molar-refractivity contribution is -0.384. The minimum Gasteiger partial charge on any atom is -0.353 e. The van der Waals surface area contributed by atoms with E-state index >= 15 is 0 Å². The molecule has 0 radical (unpaired) electrons. The van der Waals surface area contributed by atoms with E-state index in [9.17, 15) is 14.9 Å². The molecule has 1 fully saturated rings. The Hall–Kier alpha value is -2.74. The summed E-state index contributed by atoms with van der Waals surface area (Å²) in [6.07, 6.45) is 0. The molecule has 0 aliphatic carbocycles. The number of nitro benzene ring substituents is 1. The lowest BCUT2D eigenvalue weighted by atomic mass is 10.1. The van der Waals surface area contributed by atoms with E-state index in [0.717, 1.165) is 17.3 Å². The Morgan fingerprint density at radius 3 is 2.46 bits per heavy atom. The molecule has 1 aromatic heterocycles. The smallest absolute Gasteiger partial charge is 0.270 e. The Morgan fingerprint density at radius 1 is 1.18 bits per heavy atom. The van der Waals surface area contributed by atoms with Crippen LogP contribution in [0.15, 0.2) is 24.3 Å². The SMILES string of the molecule is Cc1cc(N2CCN(C(=O)c3cc([N+](=O)[O-])ccc3Cl)CC2)nc(C(C)C)n1. The summed E-state index contributed by atoms with van der Waals surface area (Å²) in [5.41, 5.74) is 0.920. The highest BCUT2D eigenvalue weighted by molar-refractivity contribution is 6.33. The molecule has 8 nitrogen and oxygen atoms in total. The normalized spacial score (nSPS) is 14.5. The number of hydrogen-bond donors (Lipinski definition) is 0. The highest BCUT2D eigenvalue weighted by Crippen LogP contribution is 2.25. The van der Waals surface area contributed by atoms with Crippen molar-refractivity contribution in [2.75, 3.05) is 31.1 Å². The third-order valence-electron chi connectivity index (χ3n) is 4.66. The summed E-state index contributed by atoms with van der Waals surface area (Å²) in [5, 5.41) is 11.2. The second-order valence-electron chi connectivity index (χ2n) is 7.08. The van der Waals surface area contributed by atoms with Crippen LogP contribution in [0.25, 0.3) is 0 Å². The van der Waals surface area contributed by atoms with Crippen LogP contribution in [0.1, 0.15) is 41.6 Å². The van der Waals surface area contributed by atoms with Gasteiger partial charge in [-0.1, -0.05) is 25.4 Å². The Balaban J connectivity index is 1.73. The zero-order valence-corrected chi connectivity index (χ0v) is 16.8. The van der Waals surface area contributed by atoms with Gasteiger partial charge in [0.05, 0.1) is 15.5 Å². The summed E-state index contributed by atoms with van der Waals surface area (Å²) in [6.45, 7) is 8.26. The Morgan fingerprint density at radius 2 is 1.86 bits per heavy atom. The van der Waals surface area contributed by atoms with Crippen molar-refractivity contribution in [3.05, 3.63) is 56.5 Å². The summed E-state index contributed by atoms with van der Waals surface area (Å²) in [5.74, 6) is 1.60. The van der Waals surface area contributed by atoms with E-state index in [1.54, 1.807) is 4.90 Å². The quantitative estimate of drug-likeness (QED) is 0.573. The number of rotatable bonds is 4. The first-order chi connectivity index (χ1) is 13.3. The average molecular weight is 404 g/mol. The van der Waals surface area contributed by atoms with Gasteiger partial charge in [0, 0.05) is 56.0 Å². The molecule has 28 heavy (non-hydrogen) atoms. The molecule has 9 heteroatoms. The number of non-ortho nitro benzene ring substituents is 1. The van der Waals surface area contributed by atoms with Crippen molar-refractivity contribution in [3.63, 3.8) is 0 Å². The molecular formula is C19H22ClN5O3. The molecule has 0 bridgehead atoms. The van der Waals surface area contributed by atoms with Crippen LogP contribution < -0.4 is 4.90 Å². The summed E-state index contributed by atoms with van der Waals surface area (Å²) >= 11 is 6.11. The third kappa shape index (κ3) is 4.22. The van der Waals surface area contributed by atoms with E-state index in [1.807, 2.05) is 13.0 Å². The van der Waals surface area contributed by atoms with E-state index in [-0.39, 0.29) is 28.1 Å². The van der Waals surface area contributed by atoms with E-state index in [0.29, 0.717) is 26.2 Å². The molecule has 1 saturated heterocycles. The number of benzene rings is 1. The first-order valence-corrected chi connectivity index (χ1v) is 9.48. The molecule has 2 heterocycles. The molecule has 0 saturated carbocycles. The number of halogens is 1. The predicted octanol–water partition coefficient (Wildman–Crippen LogP) is 3.43. The fraction of sp³-hybridized carbons (Fsp3) is 0.421. The first-order valence-electron chi connectivity index (χ1n) is 9.10. The molecule has 1 aliphatic rings. The molecule has 0 spiro atoms. The van der Waals surface area contributed by atoms with Crippen molar-refractivity contribution in [1.29, 1.82) is 0 Å². The number of hydrogen-bond acceptors (Lipinski definition) is 6. The summed E-state index contributed by atoms with van der Waals surface area (Å²) in [6, 6.07) is 5.86. The van der Waals surface area contributed by atoms with Gasteiger partial charge in [-0.3, -0.25) is 14.9 Å². The van der Waals surface area contributed by atoms with Crippen LogP contribution in [0.5, 0.6) is 0 Å². The molecule has 1 aromatic carbocycles. The van der Waals surface area contributed by atoms with Crippen molar-refractivity contribution in [2.45, 2.75) is 26.7 Å². The lowest BCUT2D eigenvalue weighted by Gasteiger charge is -2.35. The summed E-state index contributed by atoms with van der Waals surface area (Å²) in [4.78, 5) is 36.2. The van der Waals surface area contributed by atoms with Crippen molar-refractivity contribution in [1.82, 2.24) is 14.9 Å². The Kier molecular flexibility index (Phi) is 5.79. The van der Waals surface area contributed by atoms with Crippen molar-refractivity contribution < 1.29 is 9.72 Å². The fourth-order valence-electron chi connectivity index (χ4n) is 3.09. The maximum Gasteiger partial charge on any atom is 0.270 e. The third-order valence-corrected chi connectivity index (χ3v) is 4.99. The fourth-order valence-corrected chi connectivity index (χ4v) is 3.29. The Labute approximate surface area is 168 Å². The number of piperazine rings is 1. The van der Waals surface area contributed by atoms with Gasteiger partial charge < -0.3 is 9.80 Å². The number of nitrogens with zero attached hydrogens (tertiary/aromatic N) is 5. The minimum atomic E-state index is -0.533. The van der Waals surface area contributed by atoms with Crippen LogP contribution in [-0.4, -0.2) is 51.9 Å². The molecule has 0 unspecified atom stereocenters. The number of anilines is 1. The first kappa shape index (κ1) is 20.0. The van der Waals surface area contributed by atoms with Crippen molar-refractivity contribution in [3.8, 4) is 0 Å². The lowest BCUT2D eigenvalue weighted by Crippen LogP contribution is -2.49. The van der Waals surface area contributed by atoms with Crippen LogP contribution in [0.3, 0.4) is 0 Å². The van der Waals surface area contributed by atoms with Crippen LogP contribution >= 0.6 is 11.6 Å². The average Bonchev–Trinajstić information content (AvgIpc) is 2.67. The predicted molar refractivity (Wildman–Crippen MR) is 107 cm³/mol. The van der Waals surface area contributed by atoms with Gasteiger partial charge in [0.15, 0.2) is 0 Å². The van der Waals surface area contributed by atoms with Gasteiger partial charge in [-0.2, -0.15) is 0 Å². The summed E-state index contributed by atoms with van der Waals surface area (Å²) < 4.78 is 0. The van der Waals surface area contributed by atoms with Gasteiger partial charge in [-0.05, 0) is 13.0 Å². The number of amides is 1. The number of nitro groups is 1. The van der Waals surface area contributed by atoms with E-state index < -0.39 is 4.92 Å². The van der Waals surface area contributed by atoms with E-state index in [2.05, 4.69) is 28.7 Å². The molecule has 148 valence electrons. The molecule has 3 rings (SSSR count). The second-order valence-corrected chi connectivity index (χ2v) is 7.49. The van der Waals surface area contributed by atoms with Gasteiger partial charge >= 0.3 is 0 Å². The van der Waals surface area contributed by atoms with Crippen LogP contribution in [0.4, 0.5) is 11.5 Å². The highest BCUT2D eigenvalue weighted by Gasteiger charge is 2.26. The highest BCUT2D eigenvalue weighted by atomic mass is 35.5. The van der Waals surface area contributed by atoms with E-state index in [4.69, 9.17) is 11.6 Å². The Bertz CT molecular complexity index is 910. The van der Waals surface area contributed by atoms with Gasteiger partial charge in [-0.15, -0.1) is 0 Å². The van der Waals surface area contributed by atoms with Gasteiger partial charge in [0.25, 0.3) is 11.6 Å². The summed E-state index contributed by atoms with van der Waals surface area (Å²) in [7, 11) is 0. The van der Waals surface area contributed by atoms with Crippen molar-refractivity contribution >= 4 is 29.0 Å². The van der Waals surface area contributed by atoms with E-state index in [1.165, 1.54) is 18.2 Å². The molecular weight excluding hydrogens is 382 g/mol. The number of carbonyl (C=O) groups is 1. The largest absolute Gasteiger partial charge is 0.353 e. The van der Waals surface area contributed by atoms with Crippen molar-refractivity contribution in [2.24, 2.45) is 0 Å². The zero-order valence-electron chi connectivity index (χ0n) is 16.1. The van der Waals surface area contributed by atoms with Crippen LogP contribution in [0, 0.1) is 17.0 Å². The molecule has 0 atom stereocenters. The van der Waals surface area contributed by atoms with Crippen LogP contribution in [-0.2, 0) is 0 Å². The van der Waals surface area contributed by atoms with Gasteiger partial charge in [-0.25, -0.2) is 9.97 Å². The molecule has 1 amide bonds. The maximum atomic E-state index is 12.8. The monoisotopic (exact) mass is 403 g/mol. The number of aromatic nitrogens is 2. The molecule has 2 aromatic rings. The minimum absolute atomic E-state index is 0.149. The number of carbonyl (C=O) groups excluding carboxylic acids is 1. The maximum absolute atomic E-state index is 12.8. The van der Waals surface area contributed by atoms with Gasteiger partial charge in [0.2, 0.25) is 0 Å². The van der Waals surface area contributed by atoms with Crippen LogP contribution in [0.2, 0.25) is 5.02 Å².